The zero-order chi connectivity index (χ0) is 17.9. The topological polar surface area (TPSA) is 85.4 Å². The molecule has 0 radical (unpaired) electrons. The lowest BCUT2D eigenvalue weighted by Crippen LogP contribution is -2.16. The van der Waals surface area contributed by atoms with Crippen LogP contribution in [0.3, 0.4) is 0 Å². The number of nitrogens with zero attached hydrogens (tertiary/aromatic N) is 1. The SMILES string of the molecule is CCOC(=O)Cc1csc(NS(=O)(=O)c2c(C)cc(Cl)cc2C)n1. The normalized spacial score (nSPS) is 11.3. The Balaban J connectivity index is 2.22. The Hall–Kier alpha value is -1.64. The number of rotatable bonds is 6. The zero-order valence-electron chi connectivity index (χ0n) is 13.4. The van der Waals surface area contributed by atoms with Gasteiger partial charge in [-0.15, -0.1) is 11.3 Å². The van der Waals surface area contributed by atoms with Gasteiger partial charge in [-0.05, 0) is 44.0 Å². The molecular formula is C15H17ClN2O4S2. The van der Waals surface area contributed by atoms with Gasteiger partial charge >= 0.3 is 5.97 Å². The third kappa shape index (κ3) is 4.46. The van der Waals surface area contributed by atoms with E-state index in [4.69, 9.17) is 16.3 Å². The summed E-state index contributed by atoms with van der Waals surface area (Å²) in [6.07, 6.45) is 0.00503. The Labute approximate surface area is 149 Å². The van der Waals surface area contributed by atoms with Gasteiger partial charge in [0.15, 0.2) is 5.13 Å². The second-order valence-corrected chi connectivity index (χ2v) is 8.01. The molecule has 0 aliphatic carbocycles. The van der Waals surface area contributed by atoms with E-state index in [0.29, 0.717) is 21.8 Å². The molecule has 0 saturated heterocycles. The zero-order valence-corrected chi connectivity index (χ0v) is 15.8. The van der Waals surface area contributed by atoms with Crippen LogP contribution in [0.4, 0.5) is 5.13 Å². The molecule has 0 unspecified atom stereocenters. The lowest BCUT2D eigenvalue weighted by atomic mass is 10.2. The maximum absolute atomic E-state index is 12.6. The second kappa shape index (κ2) is 7.50. The van der Waals surface area contributed by atoms with Gasteiger partial charge in [-0.25, -0.2) is 13.4 Å². The smallest absolute Gasteiger partial charge is 0.311 e. The number of halogens is 1. The molecule has 1 N–H and O–H groups in total. The molecular weight excluding hydrogens is 372 g/mol. The van der Waals surface area contributed by atoms with Gasteiger partial charge in [0.1, 0.15) is 0 Å². The summed E-state index contributed by atoms with van der Waals surface area (Å²) in [5.74, 6) is -0.401. The number of anilines is 1. The van der Waals surface area contributed by atoms with Crippen LogP contribution in [-0.4, -0.2) is 26.0 Å². The predicted molar refractivity (Wildman–Crippen MR) is 94.2 cm³/mol. The molecule has 0 amide bonds. The lowest BCUT2D eigenvalue weighted by Gasteiger charge is -2.11. The number of aromatic nitrogens is 1. The number of sulfonamides is 1. The van der Waals surface area contributed by atoms with Crippen molar-refractivity contribution in [2.75, 3.05) is 11.3 Å². The number of carbonyl (C=O) groups is 1. The number of hydrogen-bond donors (Lipinski definition) is 1. The Morgan fingerprint density at radius 1 is 1.33 bits per heavy atom. The molecule has 0 fully saturated rings. The summed E-state index contributed by atoms with van der Waals surface area (Å²) in [5, 5.41) is 2.30. The second-order valence-electron chi connectivity index (χ2n) is 5.10. The summed E-state index contributed by atoms with van der Waals surface area (Å²) < 4.78 is 32.5. The molecule has 1 aromatic carbocycles. The molecule has 0 bridgehead atoms. The van der Waals surface area contributed by atoms with E-state index in [1.165, 1.54) is 0 Å². The molecule has 0 aliphatic heterocycles. The first kappa shape index (κ1) is 18.7. The van der Waals surface area contributed by atoms with Gasteiger partial charge in [0.05, 0.1) is 23.6 Å². The number of carbonyl (C=O) groups excluding carboxylic acids is 1. The van der Waals surface area contributed by atoms with Crippen molar-refractivity contribution in [1.29, 1.82) is 0 Å². The van der Waals surface area contributed by atoms with Gasteiger partial charge in [-0.1, -0.05) is 11.6 Å². The van der Waals surface area contributed by atoms with E-state index in [-0.39, 0.29) is 23.1 Å². The van der Waals surface area contributed by atoms with Crippen molar-refractivity contribution in [2.24, 2.45) is 0 Å². The van der Waals surface area contributed by atoms with Crippen molar-refractivity contribution in [1.82, 2.24) is 4.98 Å². The minimum atomic E-state index is -3.79. The monoisotopic (exact) mass is 388 g/mol. The Bertz CT molecular complexity index is 839. The average molecular weight is 389 g/mol. The number of benzene rings is 1. The molecule has 0 spiro atoms. The van der Waals surface area contributed by atoms with Gasteiger partial charge in [0, 0.05) is 10.4 Å². The van der Waals surface area contributed by atoms with Crippen LogP contribution in [0.5, 0.6) is 0 Å². The maximum Gasteiger partial charge on any atom is 0.311 e. The maximum atomic E-state index is 12.6. The van der Waals surface area contributed by atoms with E-state index in [0.717, 1.165) is 11.3 Å². The molecule has 0 saturated carbocycles. The van der Waals surface area contributed by atoms with Crippen molar-refractivity contribution in [3.63, 3.8) is 0 Å². The summed E-state index contributed by atoms with van der Waals surface area (Å²) in [6.45, 7) is 5.37. The molecule has 1 aromatic heterocycles. The van der Waals surface area contributed by atoms with Crippen LogP contribution in [-0.2, 0) is 26.0 Å². The lowest BCUT2D eigenvalue weighted by molar-refractivity contribution is -0.142. The molecule has 2 aromatic rings. The molecule has 1 heterocycles. The van der Waals surface area contributed by atoms with Gasteiger partial charge < -0.3 is 4.74 Å². The van der Waals surface area contributed by atoms with Gasteiger partial charge in [-0.3, -0.25) is 9.52 Å². The number of ether oxygens (including phenoxy) is 1. The summed E-state index contributed by atoms with van der Waals surface area (Å²) in [6, 6.07) is 3.19. The van der Waals surface area contributed by atoms with Crippen molar-refractivity contribution >= 4 is 44.1 Å². The quantitative estimate of drug-likeness (QED) is 0.767. The largest absolute Gasteiger partial charge is 0.466 e. The van der Waals surface area contributed by atoms with Crippen molar-refractivity contribution in [3.8, 4) is 0 Å². The fraction of sp³-hybridized carbons (Fsp3) is 0.333. The fourth-order valence-electron chi connectivity index (χ4n) is 2.28. The number of nitrogens with one attached hydrogen (secondary N) is 1. The van der Waals surface area contributed by atoms with Crippen LogP contribution in [0.1, 0.15) is 23.7 Å². The van der Waals surface area contributed by atoms with Crippen LogP contribution in [0.15, 0.2) is 22.4 Å². The third-order valence-corrected chi connectivity index (χ3v) is 5.90. The first-order valence-corrected chi connectivity index (χ1v) is 9.86. The first-order valence-electron chi connectivity index (χ1n) is 7.12. The minimum Gasteiger partial charge on any atom is -0.466 e. The van der Waals surface area contributed by atoms with Gasteiger partial charge in [-0.2, -0.15) is 0 Å². The minimum absolute atomic E-state index is 0.00503. The fourth-order valence-corrected chi connectivity index (χ4v) is 5.03. The van der Waals surface area contributed by atoms with Crippen LogP contribution in [0.2, 0.25) is 5.02 Å². The highest BCUT2D eigenvalue weighted by atomic mass is 35.5. The molecule has 24 heavy (non-hydrogen) atoms. The molecule has 0 atom stereocenters. The standard InChI is InChI=1S/C15H17ClN2O4S2/c1-4-22-13(19)7-12-8-23-15(17-12)18-24(20,21)14-9(2)5-11(16)6-10(14)3/h5-6,8H,4,7H2,1-3H3,(H,17,18). The van der Waals surface area contributed by atoms with Crippen LogP contribution in [0, 0.1) is 13.8 Å². The van der Waals surface area contributed by atoms with E-state index in [2.05, 4.69) is 9.71 Å². The first-order chi connectivity index (χ1) is 11.2. The number of thiazole rings is 1. The summed E-state index contributed by atoms with van der Waals surface area (Å²) >= 11 is 7.05. The van der Waals surface area contributed by atoms with E-state index in [1.807, 2.05) is 0 Å². The highest BCUT2D eigenvalue weighted by Gasteiger charge is 2.22. The van der Waals surface area contributed by atoms with E-state index < -0.39 is 16.0 Å². The van der Waals surface area contributed by atoms with Gasteiger partial charge in [0.25, 0.3) is 10.0 Å². The highest BCUT2D eigenvalue weighted by Crippen LogP contribution is 2.27. The van der Waals surface area contributed by atoms with Crippen LogP contribution in [0.25, 0.3) is 0 Å². The average Bonchev–Trinajstić information content (AvgIpc) is 2.83. The molecule has 130 valence electrons. The predicted octanol–water partition coefficient (Wildman–Crippen LogP) is 3.32. The summed E-state index contributed by atoms with van der Waals surface area (Å²) in [7, 11) is -3.79. The highest BCUT2D eigenvalue weighted by molar-refractivity contribution is 7.93. The molecule has 9 heteroatoms. The van der Waals surface area contributed by atoms with Crippen LogP contribution >= 0.6 is 22.9 Å². The van der Waals surface area contributed by atoms with Crippen molar-refractivity contribution in [3.05, 3.63) is 39.4 Å². The van der Waals surface area contributed by atoms with Crippen molar-refractivity contribution in [2.45, 2.75) is 32.1 Å². The molecule has 6 nitrogen and oxygen atoms in total. The van der Waals surface area contributed by atoms with Crippen LogP contribution < -0.4 is 4.72 Å². The Kier molecular flexibility index (Phi) is 5.84. The van der Waals surface area contributed by atoms with Crippen molar-refractivity contribution < 1.29 is 17.9 Å². The van der Waals surface area contributed by atoms with Gasteiger partial charge in [0.2, 0.25) is 0 Å². The van der Waals surface area contributed by atoms with E-state index in [1.54, 1.807) is 38.3 Å². The number of esters is 1. The summed E-state index contributed by atoms with van der Waals surface area (Å²) in [5.41, 5.74) is 1.56. The molecule has 2 rings (SSSR count). The number of hydrogen-bond acceptors (Lipinski definition) is 6. The molecule has 0 aliphatic rings. The number of aryl methyl sites for hydroxylation is 2. The van der Waals surface area contributed by atoms with E-state index >= 15 is 0 Å². The Morgan fingerprint density at radius 3 is 2.54 bits per heavy atom. The third-order valence-electron chi connectivity index (χ3n) is 3.10. The summed E-state index contributed by atoms with van der Waals surface area (Å²) in [4.78, 5) is 15.7. The Morgan fingerprint density at radius 2 is 1.96 bits per heavy atom. The van der Waals surface area contributed by atoms with E-state index in [9.17, 15) is 13.2 Å².